The smallest absolute Gasteiger partial charge is 0.121 e. The molecule has 0 spiro atoms. The number of nitrogens with zero attached hydrogens (tertiary/aromatic N) is 1. The van der Waals surface area contributed by atoms with Crippen LogP contribution in [0.1, 0.15) is 42.9 Å². The first-order chi connectivity index (χ1) is 9.02. The summed E-state index contributed by atoms with van der Waals surface area (Å²) in [6.45, 7) is 7.89. The molecule has 0 amide bonds. The van der Waals surface area contributed by atoms with E-state index in [1.54, 1.807) is 0 Å². The van der Waals surface area contributed by atoms with E-state index in [-0.39, 0.29) is 0 Å². The largest absolute Gasteiger partial charge is 0.507 e. The molecule has 3 N–H and O–H groups in total. The second-order valence-corrected chi connectivity index (χ2v) is 5.92. The quantitative estimate of drug-likeness (QED) is 0.880. The second kappa shape index (κ2) is 5.93. The number of phenolic OH excluding ortho intramolecular Hbond substituents is 1. The van der Waals surface area contributed by atoms with Gasteiger partial charge in [0.15, 0.2) is 0 Å². The Bertz CT molecular complexity index is 421. The van der Waals surface area contributed by atoms with Gasteiger partial charge in [0.05, 0.1) is 0 Å². The molecule has 0 radical (unpaired) electrons. The summed E-state index contributed by atoms with van der Waals surface area (Å²) in [6, 6.07) is 5.28. The Balaban J connectivity index is 2.19. The van der Waals surface area contributed by atoms with Crippen molar-refractivity contribution in [3.63, 3.8) is 0 Å². The van der Waals surface area contributed by atoms with E-state index in [9.17, 15) is 5.11 Å². The van der Waals surface area contributed by atoms with Gasteiger partial charge in [-0.1, -0.05) is 18.6 Å². The van der Waals surface area contributed by atoms with Crippen LogP contribution < -0.4 is 5.73 Å². The first-order valence-electron chi connectivity index (χ1n) is 7.27. The molecule has 1 aromatic carbocycles. The average Bonchev–Trinajstić information content (AvgIpc) is 2.38. The highest BCUT2D eigenvalue weighted by atomic mass is 16.3. The van der Waals surface area contributed by atoms with Crippen molar-refractivity contribution in [1.82, 2.24) is 4.90 Å². The van der Waals surface area contributed by atoms with Gasteiger partial charge in [-0.3, -0.25) is 4.90 Å². The Morgan fingerprint density at radius 3 is 2.47 bits per heavy atom. The summed E-state index contributed by atoms with van der Waals surface area (Å²) in [5.74, 6) is 0.422. The molecule has 1 aliphatic heterocycles. The Hall–Kier alpha value is -1.06. The maximum atomic E-state index is 9.85. The van der Waals surface area contributed by atoms with Crippen LogP contribution in [0.2, 0.25) is 0 Å². The highest BCUT2D eigenvalue weighted by Crippen LogP contribution is 2.27. The van der Waals surface area contributed by atoms with Gasteiger partial charge in [0.1, 0.15) is 5.75 Å². The first kappa shape index (κ1) is 14.4. The summed E-state index contributed by atoms with van der Waals surface area (Å²) in [7, 11) is 0. The van der Waals surface area contributed by atoms with Gasteiger partial charge in [-0.15, -0.1) is 0 Å². The van der Waals surface area contributed by atoms with E-state index in [2.05, 4.69) is 24.0 Å². The zero-order valence-corrected chi connectivity index (χ0v) is 12.3. The average molecular weight is 262 g/mol. The lowest BCUT2D eigenvalue weighted by Crippen LogP contribution is -2.48. The zero-order chi connectivity index (χ0) is 14.0. The molecular formula is C16H26N2O. The molecule has 19 heavy (non-hydrogen) atoms. The van der Waals surface area contributed by atoms with E-state index in [4.69, 9.17) is 5.73 Å². The third-order valence-electron chi connectivity index (χ3n) is 4.38. The van der Waals surface area contributed by atoms with Crippen molar-refractivity contribution in [2.45, 2.75) is 58.7 Å². The lowest BCUT2D eigenvalue weighted by atomic mass is 9.95. The van der Waals surface area contributed by atoms with E-state index in [1.165, 1.54) is 24.8 Å². The van der Waals surface area contributed by atoms with E-state index in [0.29, 0.717) is 17.8 Å². The Morgan fingerprint density at radius 1 is 1.26 bits per heavy atom. The summed E-state index contributed by atoms with van der Waals surface area (Å²) >= 11 is 0. The van der Waals surface area contributed by atoms with Crippen LogP contribution in [0.3, 0.4) is 0 Å². The van der Waals surface area contributed by atoms with Crippen molar-refractivity contribution in [3.8, 4) is 5.75 Å². The molecule has 1 saturated heterocycles. The Morgan fingerprint density at radius 2 is 1.89 bits per heavy atom. The summed E-state index contributed by atoms with van der Waals surface area (Å²) in [4.78, 5) is 2.52. The van der Waals surface area contributed by atoms with Gasteiger partial charge in [-0.25, -0.2) is 0 Å². The van der Waals surface area contributed by atoms with Crippen LogP contribution in [0.4, 0.5) is 0 Å². The molecule has 1 aliphatic rings. The lowest BCUT2D eigenvalue weighted by molar-refractivity contribution is 0.0892. The van der Waals surface area contributed by atoms with Gasteiger partial charge < -0.3 is 10.8 Å². The monoisotopic (exact) mass is 262 g/mol. The van der Waals surface area contributed by atoms with Gasteiger partial charge in [0.2, 0.25) is 0 Å². The molecule has 0 saturated carbocycles. The number of rotatable bonds is 3. The minimum absolute atomic E-state index is 0.422. The summed E-state index contributed by atoms with van der Waals surface area (Å²) in [5, 5.41) is 9.85. The number of hydrogen-bond donors (Lipinski definition) is 2. The molecular weight excluding hydrogens is 236 g/mol. The number of phenols is 1. The topological polar surface area (TPSA) is 49.5 Å². The third kappa shape index (κ3) is 3.10. The number of likely N-dealkylation sites (tertiary alicyclic amines) is 1. The molecule has 3 heteroatoms. The first-order valence-corrected chi connectivity index (χ1v) is 7.27. The van der Waals surface area contributed by atoms with Crippen LogP contribution in [0.25, 0.3) is 0 Å². The molecule has 3 nitrogen and oxygen atoms in total. The van der Waals surface area contributed by atoms with E-state index in [1.807, 2.05) is 13.8 Å². The van der Waals surface area contributed by atoms with Crippen LogP contribution in [-0.4, -0.2) is 28.6 Å². The van der Waals surface area contributed by atoms with Gasteiger partial charge >= 0.3 is 0 Å². The fourth-order valence-corrected chi connectivity index (χ4v) is 3.23. The molecule has 1 aromatic rings. The third-order valence-corrected chi connectivity index (χ3v) is 4.38. The van der Waals surface area contributed by atoms with Crippen molar-refractivity contribution >= 4 is 0 Å². The lowest BCUT2D eigenvalue weighted by Gasteiger charge is -2.40. The van der Waals surface area contributed by atoms with Gasteiger partial charge in [-0.05, 0) is 50.3 Å². The number of piperidine rings is 1. The minimum atomic E-state index is 0.422. The van der Waals surface area contributed by atoms with Crippen LogP contribution >= 0.6 is 0 Å². The van der Waals surface area contributed by atoms with E-state index in [0.717, 1.165) is 24.2 Å². The van der Waals surface area contributed by atoms with E-state index < -0.39 is 0 Å². The molecule has 0 bridgehead atoms. The van der Waals surface area contributed by atoms with E-state index >= 15 is 0 Å². The maximum Gasteiger partial charge on any atom is 0.121 e. The van der Waals surface area contributed by atoms with Crippen molar-refractivity contribution < 1.29 is 5.11 Å². The standard InChI is InChI=1S/C16H26N2O/c1-11-7-14(8-12(2)16(11)19)10-18-13(3)5-4-6-15(18)9-17/h7-8,13,15,19H,4-6,9-10,17H2,1-3H3. The molecule has 0 aliphatic carbocycles. The number of hydrogen-bond acceptors (Lipinski definition) is 3. The van der Waals surface area contributed by atoms with Crippen LogP contribution in [0.5, 0.6) is 5.75 Å². The molecule has 1 heterocycles. The molecule has 2 atom stereocenters. The molecule has 0 aromatic heterocycles. The van der Waals surface area contributed by atoms with Crippen molar-refractivity contribution in [2.24, 2.45) is 5.73 Å². The Kier molecular flexibility index (Phi) is 4.48. The minimum Gasteiger partial charge on any atom is -0.507 e. The predicted octanol–water partition coefficient (Wildman–Crippen LogP) is 2.71. The maximum absolute atomic E-state index is 9.85. The second-order valence-electron chi connectivity index (χ2n) is 5.92. The van der Waals surface area contributed by atoms with Crippen molar-refractivity contribution in [1.29, 1.82) is 0 Å². The highest BCUT2D eigenvalue weighted by molar-refractivity contribution is 5.42. The fourth-order valence-electron chi connectivity index (χ4n) is 3.23. The SMILES string of the molecule is Cc1cc(CN2C(C)CCCC2CN)cc(C)c1O. The van der Waals surface area contributed by atoms with Crippen LogP contribution in [0, 0.1) is 13.8 Å². The Labute approximate surface area is 116 Å². The van der Waals surface area contributed by atoms with Crippen molar-refractivity contribution in [3.05, 3.63) is 28.8 Å². The zero-order valence-electron chi connectivity index (χ0n) is 12.3. The van der Waals surface area contributed by atoms with Gasteiger partial charge in [0.25, 0.3) is 0 Å². The molecule has 2 rings (SSSR count). The van der Waals surface area contributed by atoms with Crippen molar-refractivity contribution in [2.75, 3.05) is 6.54 Å². The number of aryl methyl sites for hydroxylation is 2. The summed E-state index contributed by atoms with van der Waals surface area (Å²) in [6.07, 6.45) is 3.75. The van der Waals surface area contributed by atoms with Gasteiger partial charge in [0, 0.05) is 25.2 Å². The predicted molar refractivity (Wildman–Crippen MR) is 79.3 cm³/mol. The number of aromatic hydroxyl groups is 1. The normalized spacial score (nSPS) is 24.6. The van der Waals surface area contributed by atoms with Gasteiger partial charge in [-0.2, -0.15) is 0 Å². The number of nitrogens with two attached hydrogens (primary N) is 1. The van der Waals surface area contributed by atoms with Crippen LogP contribution in [-0.2, 0) is 6.54 Å². The van der Waals surface area contributed by atoms with Crippen LogP contribution in [0.15, 0.2) is 12.1 Å². The highest BCUT2D eigenvalue weighted by Gasteiger charge is 2.26. The number of benzene rings is 1. The fraction of sp³-hybridized carbons (Fsp3) is 0.625. The summed E-state index contributed by atoms with van der Waals surface area (Å²) in [5.41, 5.74) is 9.11. The summed E-state index contributed by atoms with van der Waals surface area (Å²) < 4.78 is 0. The molecule has 106 valence electrons. The molecule has 1 fully saturated rings. The molecule has 2 unspecified atom stereocenters.